The molecule has 0 spiro atoms. The molecule has 3 fully saturated rings. The van der Waals surface area contributed by atoms with Crippen molar-refractivity contribution in [3.63, 3.8) is 0 Å². The lowest BCUT2D eigenvalue weighted by Crippen LogP contribution is -2.61. The Morgan fingerprint density at radius 1 is 1.23 bits per heavy atom. The molecular weight excluding hydrogens is 460 g/mol. The Morgan fingerprint density at radius 2 is 1.97 bits per heavy atom. The highest BCUT2D eigenvalue weighted by atomic mass is 79.9. The van der Waals surface area contributed by atoms with E-state index in [1.54, 1.807) is 18.2 Å². The lowest BCUT2D eigenvalue weighted by molar-refractivity contribution is -0.299. The Hall–Kier alpha value is -2.60. The van der Waals surface area contributed by atoms with Crippen LogP contribution in [0.3, 0.4) is 0 Å². The number of rotatable bonds is 4. The third-order valence-corrected chi connectivity index (χ3v) is 7.64. The van der Waals surface area contributed by atoms with Crippen LogP contribution in [-0.2, 0) is 9.47 Å². The molecule has 2 saturated heterocycles. The molecule has 160 valence electrons. The van der Waals surface area contributed by atoms with E-state index in [2.05, 4.69) is 41.1 Å². The van der Waals surface area contributed by atoms with Crippen LogP contribution in [0.2, 0.25) is 0 Å². The van der Waals surface area contributed by atoms with Crippen molar-refractivity contribution in [3.05, 3.63) is 28.2 Å². The van der Waals surface area contributed by atoms with Crippen molar-refractivity contribution < 1.29 is 14.2 Å². The maximum absolute atomic E-state index is 10.5. The maximum Gasteiger partial charge on any atom is 0.217 e. The number of nitriles is 3. The fraction of sp³-hybridized carbons (Fsp3) is 0.565. The van der Waals surface area contributed by atoms with Crippen molar-refractivity contribution in [2.75, 3.05) is 6.61 Å². The highest BCUT2D eigenvalue weighted by molar-refractivity contribution is 9.10. The van der Waals surface area contributed by atoms with Crippen molar-refractivity contribution in [2.45, 2.75) is 51.4 Å². The summed E-state index contributed by atoms with van der Waals surface area (Å²) in [6.07, 6.45) is 1.71. The second-order valence-corrected chi connectivity index (χ2v) is 9.32. The number of hydrogen-bond donors (Lipinski definition) is 1. The fourth-order valence-corrected chi connectivity index (χ4v) is 5.96. The van der Waals surface area contributed by atoms with E-state index in [1.165, 1.54) is 0 Å². The topological polar surface area (TPSA) is 123 Å². The van der Waals surface area contributed by atoms with E-state index in [9.17, 15) is 15.8 Å². The van der Waals surface area contributed by atoms with Gasteiger partial charge in [-0.2, -0.15) is 15.8 Å². The van der Waals surface area contributed by atoms with Crippen molar-refractivity contribution in [1.29, 1.82) is 21.2 Å². The molecule has 0 radical (unpaired) electrons. The molecule has 1 saturated carbocycles. The van der Waals surface area contributed by atoms with Crippen LogP contribution >= 0.6 is 15.9 Å². The van der Waals surface area contributed by atoms with Gasteiger partial charge in [0.05, 0.1) is 30.7 Å². The molecule has 1 N–H and O–H groups in total. The van der Waals surface area contributed by atoms with E-state index in [4.69, 9.17) is 19.6 Å². The van der Waals surface area contributed by atoms with Gasteiger partial charge in [0.1, 0.15) is 11.9 Å². The molecule has 5 atom stereocenters. The first kappa shape index (κ1) is 21.6. The van der Waals surface area contributed by atoms with Gasteiger partial charge in [-0.15, -0.1) is 0 Å². The van der Waals surface area contributed by atoms with Crippen LogP contribution < -0.4 is 4.74 Å². The molecule has 1 aromatic carbocycles. The second kappa shape index (κ2) is 7.52. The minimum Gasteiger partial charge on any atom is -0.493 e. The Bertz CT molecular complexity index is 1040. The summed E-state index contributed by atoms with van der Waals surface area (Å²) in [6.45, 7) is 4.31. The summed E-state index contributed by atoms with van der Waals surface area (Å²) < 4.78 is 19.0. The van der Waals surface area contributed by atoms with Gasteiger partial charge in [0.25, 0.3) is 0 Å². The molecule has 7 nitrogen and oxygen atoms in total. The molecule has 0 aromatic heterocycles. The second-order valence-electron chi connectivity index (χ2n) is 8.41. The SMILES string of the molecule is CCOc1ccc(Br)cc1C1OC23CCC(CC)CC2C(C#N)(C(=N)O3)C1(C#N)C#N. The number of halogens is 1. The van der Waals surface area contributed by atoms with E-state index in [-0.39, 0.29) is 5.90 Å². The average Bonchev–Trinajstić information content (AvgIpc) is 2.98. The van der Waals surface area contributed by atoms with Crippen molar-refractivity contribution in [2.24, 2.45) is 22.7 Å². The van der Waals surface area contributed by atoms with Gasteiger partial charge in [0, 0.05) is 16.5 Å². The zero-order chi connectivity index (χ0) is 22.4. The van der Waals surface area contributed by atoms with Gasteiger partial charge < -0.3 is 14.2 Å². The van der Waals surface area contributed by atoms with Crippen LogP contribution in [0.15, 0.2) is 22.7 Å². The minimum atomic E-state index is -1.97. The molecule has 31 heavy (non-hydrogen) atoms. The van der Waals surface area contributed by atoms with Gasteiger partial charge in [0.15, 0.2) is 5.41 Å². The van der Waals surface area contributed by atoms with Gasteiger partial charge in [-0.3, -0.25) is 5.41 Å². The lowest BCUT2D eigenvalue weighted by Gasteiger charge is -2.52. The number of nitrogens with one attached hydrogen (secondary N) is 1. The van der Waals surface area contributed by atoms with Crippen LogP contribution in [0.25, 0.3) is 0 Å². The summed E-state index contributed by atoms with van der Waals surface area (Å²) in [6, 6.07) is 11.8. The van der Waals surface area contributed by atoms with Crippen molar-refractivity contribution >= 4 is 21.8 Å². The maximum atomic E-state index is 10.5. The van der Waals surface area contributed by atoms with Crippen molar-refractivity contribution in [1.82, 2.24) is 0 Å². The summed E-state index contributed by atoms with van der Waals surface area (Å²) in [4.78, 5) is 0. The van der Waals surface area contributed by atoms with Gasteiger partial charge in [-0.25, -0.2) is 0 Å². The summed E-state index contributed by atoms with van der Waals surface area (Å²) >= 11 is 3.45. The third-order valence-electron chi connectivity index (χ3n) is 7.15. The van der Waals surface area contributed by atoms with Gasteiger partial charge >= 0.3 is 0 Å². The van der Waals surface area contributed by atoms with E-state index in [0.717, 1.165) is 17.3 Å². The van der Waals surface area contributed by atoms with Gasteiger partial charge in [-0.05, 0) is 43.9 Å². The number of hydrogen-bond acceptors (Lipinski definition) is 7. The Balaban J connectivity index is 1.99. The van der Waals surface area contributed by atoms with Crippen LogP contribution in [0, 0.1) is 62.1 Å². The monoisotopic (exact) mass is 482 g/mol. The Labute approximate surface area is 190 Å². The molecular formula is C23H23BrN4O3. The minimum absolute atomic E-state index is 0.320. The molecule has 0 amide bonds. The van der Waals surface area contributed by atoms with Crippen LogP contribution in [0.1, 0.15) is 51.2 Å². The summed E-state index contributed by atoms with van der Waals surface area (Å²) in [5, 5.41) is 39.9. The average molecular weight is 483 g/mol. The predicted octanol–water partition coefficient (Wildman–Crippen LogP) is 4.99. The van der Waals surface area contributed by atoms with Crippen LogP contribution in [0.4, 0.5) is 0 Å². The number of benzene rings is 1. The van der Waals surface area contributed by atoms with E-state index < -0.39 is 28.6 Å². The van der Waals surface area contributed by atoms with E-state index in [1.807, 2.05) is 6.92 Å². The zero-order valence-electron chi connectivity index (χ0n) is 17.4. The first-order valence-corrected chi connectivity index (χ1v) is 11.3. The highest BCUT2D eigenvalue weighted by Gasteiger charge is 2.81. The Morgan fingerprint density at radius 3 is 2.58 bits per heavy atom. The van der Waals surface area contributed by atoms with E-state index >= 15 is 0 Å². The largest absolute Gasteiger partial charge is 0.493 e. The van der Waals surface area contributed by atoms with E-state index in [0.29, 0.717) is 36.7 Å². The molecule has 4 rings (SSSR count). The smallest absolute Gasteiger partial charge is 0.217 e. The quantitative estimate of drug-likeness (QED) is 0.644. The molecule has 8 heteroatoms. The molecule has 1 aromatic rings. The number of ether oxygens (including phenoxy) is 3. The van der Waals surface area contributed by atoms with Gasteiger partial charge in [-0.1, -0.05) is 29.3 Å². The fourth-order valence-electron chi connectivity index (χ4n) is 5.58. The molecule has 2 heterocycles. The first-order chi connectivity index (χ1) is 14.9. The van der Waals surface area contributed by atoms with Gasteiger partial charge in [0.2, 0.25) is 17.1 Å². The first-order valence-electron chi connectivity index (χ1n) is 10.5. The lowest BCUT2D eigenvalue weighted by atomic mass is 9.50. The predicted molar refractivity (Wildman–Crippen MR) is 114 cm³/mol. The summed E-state index contributed by atoms with van der Waals surface area (Å²) in [7, 11) is 0. The highest BCUT2D eigenvalue weighted by Crippen LogP contribution is 2.70. The molecule has 5 unspecified atom stereocenters. The Kier molecular flexibility index (Phi) is 5.24. The summed E-state index contributed by atoms with van der Waals surface area (Å²) in [5.41, 5.74) is -3.20. The molecule has 2 aliphatic heterocycles. The third kappa shape index (κ3) is 2.67. The number of nitrogens with zero attached hydrogens (tertiary/aromatic N) is 3. The zero-order valence-corrected chi connectivity index (χ0v) is 19.0. The van der Waals surface area contributed by atoms with Crippen LogP contribution in [0.5, 0.6) is 5.75 Å². The normalized spacial score (nSPS) is 35.1. The summed E-state index contributed by atoms with van der Waals surface area (Å²) in [5.74, 6) is -1.31. The van der Waals surface area contributed by atoms with Crippen molar-refractivity contribution in [3.8, 4) is 24.0 Å². The standard InChI is InChI=1S/C23H23BrN4O3/c1-3-14-7-8-23-18(9-14)22(13-27,20(28)31-23)21(11-25,12-26)19(30-23)16-10-15(24)5-6-17(16)29-4-2/h5-6,10,14,18-19,28H,3-4,7-9H2,1-2H3. The molecule has 3 aliphatic rings. The van der Waals surface area contributed by atoms with Crippen LogP contribution in [-0.4, -0.2) is 18.3 Å². The molecule has 1 aliphatic carbocycles. The molecule has 2 bridgehead atoms.